The Labute approximate surface area is 264 Å². The lowest BCUT2D eigenvalue weighted by atomic mass is 10.0. The summed E-state index contributed by atoms with van der Waals surface area (Å²) in [7, 11) is -3.70. The van der Waals surface area contributed by atoms with Crippen LogP contribution in [0.3, 0.4) is 0 Å². The number of hydrogen-bond acceptors (Lipinski definition) is 6. The highest BCUT2D eigenvalue weighted by Gasteiger charge is 2.31. The lowest BCUT2D eigenvalue weighted by Gasteiger charge is -2.20. The molecule has 3 aromatic carbocycles. The molecule has 0 saturated carbocycles. The molecule has 3 N–H and O–H groups in total. The van der Waals surface area contributed by atoms with Crippen LogP contribution in [-0.4, -0.2) is 35.8 Å². The van der Waals surface area contributed by atoms with Crippen LogP contribution in [0.15, 0.2) is 102 Å². The third-order valence-corrected chi connectivity index (χ3v) is 10.8. The Kier molecular flexibility index (Phi) is 8.96. The lowest BCUT2D eigenvalue weighted by molar-refractivity contribution is -0.137. The third kappa shape index (κ3) is 7.38. The van der Waals surface area contributed by atoms with E-state index in [9.17, 15) is 26.7 Å². The van der Waals surface area contributed by atoms with Crippen molar-refractivity contribution in [1.29, 1.82) is 0 Å². The molecule has 6 rings (SSSR count). The highest BCUT2D eigenvalue weighted by Crippen LogP contribution is 2.34. The van der Waals surface area contributed by atoms with Crippen LogP contribution in [-0.2, 0) is 22.6 Å². The van der Waals surface area contributed by atoms with E-state index in [0.717, 1.165) is 48.1 Å². The Morgan fingerprint density at radius 2 is 1.73 bits per heavy atom. The second-order valence-electron chi connectivity index (χ2n) is 11.4. The molecule has 2 aliphatic rings. The highest BCUT2D eigenvalue weighted by molar-refractivity contribution is 7.93. The van der Waals surface area contributed by atoms with Crippen molar-refractivity contribution >= 4 is 32.6 Å². The number of halogens is 3. The smallest absolute Gasteiger partial charge is 0.387 e. The molecular formula is C34H32F3N3O3S2. The second kappa shape index (κ2) is 12.9. The van der Waals surface area contributed by atoms with E-state index >= 15 is 0 Å². The van der Waals surface area contributed by atoms with E-state index in [4.69, 9.17) is 0 Å². The number of aliphatic hydroxyl groups is 1. The number of anilines is 1. The van der Waals surface area contributed by atoms with Gasteiger partial charge in [-0.15, -0.1) is 11.3 Å². The van der Waals surface area contributed by atoms with Gasteiger partial charge in [-0.05, 0) is 61.1 Å². The Bertz CT molecular complexity index is 1790. The summed E-state index contributed by atoms with van der Waals surface area (Å²) in [5.41, 5.74) is 3.66. The molecule has 45 heavy (non-hydrogen) atoms. The minimum absolute atomic E-state index is 0.00159. The van der Waals surface area contributed by atoms with Crippen molar-refractivity contribution in [2.24, 2.45) is 0 Å². The van der Waals surface area contributed by atoms with Gasteiger partial charge in [0.15, 0.2) is 0 Å². The van der Waals surface area contributed by atoms with Gasteiger partial charge in [0.2, 0.25) is 10.0 Å². The zero-order chi connectivity index (χ0) is 31.6. The topological polar surface area (TPSA) is 91.3 Å². The summed E-state index contributed by atoms with van der Waals surface area (Å²) in [5.74, 6) is 0. The summed E-state index contributed by atoms with van der Waals surface area (Å²) in [6.07, 6.45) is 3.10. The van der Waals surface area contributed by atoms with Crippen LogP contribution in [0.25, 0.3) is 16.8 Å². The molecule has 0 amide bonds. The average Bonchev–Trinajstić information content (AvgIpc) is 3.72. The highest BCUT2D eigenvalue weighted by atomic mass is 32.2. The molecule has 1 aliphatic carbocycles. The molecule has 0 radical (unpaired) electrons. The molecule has 11 heteroatoms. The zero-order valence-electron chi connectivity index (χ0n) is 24.1. The SMILES string of the molecule is O=S(=O)(Nc1ccc(C[C@H]2CC[C@H]([C@H](O)c3ccccc3)N2)cc1)C1C=CC(c2nc(-c3ccc(C(F)(F)F)cc3)cs2)=CC1. The number of nitrogens with one attached hydrogen (secondary N) is 2. The van der Waals surface area contributed by atoms with Crippen molar-refractivity contribution in [2.45, 2.75) is 55.3 Å². The Hall–Kier alpha value is -3.77. The average molecular weight is 652 g/mol. The second-order valence-corrected chi connectivity index (χ2v) is 14.1. The summed E-state index contributed by atoms with van der Waals surface area (Å²) < 4.78 is 67.6. The fraction of sp³-hybridized carbons (Fsp3) is 0.265. The first-order valence-electron chi connectivity index (χ1n) is 14.7. The van der Waals surface area contributed by atoms with Gasteiger partial charge < -0.3 is 10.4 Å². The van der Waals surface area contributed by atoms with Crippen LogP contribution in [0.4, 0.5) is 18.9 Å². The van der Waals surface area contributed by atoms with Crippen molar-refractivity contribution in [2.75, 3.05) is 4.72 Å². The van der Waals surface area contributed by atoms with Crippen LogP contribution in [0, 0.1) is 0 Å². The number of allylic oxidation sites excluding steroid dienone is 3. The molecule has 6 nitrogen and oxygen atoms in total. The number of hydrogen-bond donors (Lipinski definition) is 3. The fourth-order valence-corrected chi connectivity index (χ4v) is 7.84. The van der Waals surface area contributed by atoms with Gasteiger partial charge in [-0.2, -0.15) is 13.2 Å². The van der Waals surface area contributed by atoms with Gasteiger partial charge in [0.05, 0.1) is 17.4 Å². The molecule has 1 unspecified atom stereocenters. The number of rotatable bonds is 9. The minimum Gasteiger partial charge on any atom is -0.387 e. The molecule has 0 spiro atoms. The first kappa shape index (κ1) is 31.2. The number of thiazole rings is 1. The van der Waals surface area contributed by atoms with Crippen LogP contribution in [0.2, 0.25) is 0 Å². The van der Waals surface area contributed by atoms with Gasteiger partial charge in [-0.1, -0.05) is 72.8 Å². The molecule has 1 fully saturated rings. The van der Waals surface area contributed by atoms with Gasteiger partial charge in [-0.25, -0.2) is 13.4 Å². The van der Waals surface area contributed by atoms with E-state index in [2.05, 4.69) is 15.0 Å². The van der Waals surface area contributed by atoms with Crippen molar-refractivity contribution in [3.05, 3.63) is 124 Å². The molecular weight excluding hydrogens is 620 g/mol. The minimum atomic E-state index is -4.40. The van der Waals surface area contributed by atoms with Crippen LogP contribution < -0.4 is 10.0 Å². The molecule has 1 aromatic heterocycles. The van der Waals surface area contributed by atoms with Crippen molar-refractivity contribution in [1.82, 2.24) is 10.3 Å². The van der Waals surface area contributed by atoms with E-state index < -0.39 is 33.1 Å². The quantitative estimate of drug-likeness (QED) is 0.176. The fourth-order valence-electron chi connectivity index (χ4n) is 5.73. The van der Waals surface area contributed by atoms with Gasteiger partial charge in [-0.3, -0.25) is 4.72 Å². The van der Waals surface area contributed by atoms with Crippen LogP contribution >= 0.6 is 11.3 Å². The van der Waals surface area contributed by atoms with Gasteiger partial charge in [0, 0.05) is 34.3 Å². The molecule has 1 aliphatic heterocycles. The number of aromatic nitrogens is 1. The van der Waals surface area contributed by atoms with E-state index in [1.54, 1.807) is 29.7 Å². The summed E-state index contributed by atoms with van der Waals surface area (Å²) in [6.45, 7) is 0. The molecule has 4 atom stereocenters. The molecule has 2 heterocycles. The van der Waals surface area contributed by atoms with Gasteiger partial charge in [0.25, 0.3) is 0 Å². The maximum Gasteiger partial charge on any atom is 0.416 e. The maximum atomic E-state index is 13.1. The largest absolute Gasteiger partial charge is 0.416 e. The maximum absolute atomic E-state index is 13.1. The summed E-state index contributed by atoms with van der Waals surface area (Å²) >= 11 is 1.35. The number of sulfonamides is 1. The van der Waals surface area contributed by atoms with Crippen molar-refractivity contribution in [3.63, 3.8) is 0 Å². The standard InChI is InChI=1S/C34H32F3N3O3S2/c35-34(36,37)26-12-8-23(9-13-26)31-21-44-33(39-31)25-10-17-29(18-11-25)45(42,43)40-27-14-6-22(7-15-27)20-28-16-19-30(38-28)32(41)24-4-2-1-3-5-24/h1-15,17,21,28-30,32,38,40-41H,16,18-20H2/t28-,29?,30-,32-/m1/s1. The zero-order valence-corrected chi connectivity index (χ0v) is 25.7. The third-order valence-electron chi connectivity index (χ3n) is 8.21. The van der Waals surface area contributed by atoms with E-state index in [1.807, 2.05) is 48.5 Å². The van der Waals surface area contributed by atoms with Gasteiger partial charge >= 0.3 is 6.18 Å². The Morgan fingerprint density at radius 3 is 2.40 bits per heavy atom. The predicted octanol–water partition coefficient (Wildman–Crippen LogP) is 7.38. The molecule has 4 aromatic rings. The predicted molar refractivity (Wildman–Crippen MR) is 172 cm³/mol. The first-order chi connectivity index (χ1) is 21.5. The van der Waals surface area contributed by atoms with Crippen LogP contribution in [0.1, 0.15) is 47.1 Å². The normalized spacial score (nSPS) is 21.0. The molecule has 234 valence electrons. The van der Waals surface area contributed by atoms with E-state index in [1.165, 1.54) is 23.5 Å². The first-order valence-corrected chi connectivity index (χ1v) is 17.1. The number of aliphatic hydroxyl groups excluding tert-OH is 1. The summed E-state index contributed by atoms with van der Waals surface area (Å²) in [6, 6.07) is 22.1. The lowest BCUT2D eigenvalue weighted by Crippen LogP contribution is -2.35. The summed E-state index contributed by atoms with van der Waals surface area (Å²) in [4.78, 5) is 4.56. The number of nitrogens with zero attached hydrogens (tertiary/aromatic N) is 1. The molecule has 0 bridgehead atoms. The summed E-state index contributed by atoms with van der Waals surface area (Å²) in [5, 5.41) is 16.0. The van der Waals surface area contributed by atoms with Gasteiger partial charge in [0.1, 0.15) is 10.3 Å². The molecule has 1 saturated heterocycles. The number of alkyl halides is 3. The van der Waals surface area contributed by atoms with Crippen LogP contribution in [0.5, 0.6) is 0 Å². The van der Waals surface area contributed by atoms with Crippen molar-refractivity contribution < 1.29 is 26.7 Å². The Morgan fingerprint density at radius 1 is 1.00 bits per heavy atom. The number of benzene rings is 3. The van der Waals surface area contributed by atoms with Crippen molar-refractivity contribution in [3.8, 4) is 11.3 Å². The Balaban J connectivity index is 1.02. The van der Waals surface area contributed by atoms with E-state index in [0.29, 0.717) is 22.0 Å². The van der Waals surface area contributed by atoms with E-state index in [-0.39, 0.29) is 18.5 Å². The monoisotopic (exact) mass is 651 g/mol.